The fourth-order valence-corrected chi connectivity index (χ4v) is 5.09. The molecule has 2 heterocycles. The molecule has 2 amide bonds. The van der Waals surface area contributed by atoms with E-state index >= 15 is 0 Å². The summed E-state index contributed by atoms with van der Waals surface area (Å²) < 4.78 is 0. The minimum absolute atomic E-state index is 0.0717. The van der Waals surface area contributed by atoms with Crippen LogP contribution in [0.3, 0.4) is 0 Å². The van der Waals surface area contributed by atoms with Gasteiger partial charge >= 0.3 is 0 Å². The lowest BCUT2D eigenvalue weighted by atomic mass is 10.0. The van der Waals surface area contributed by atoms with Crippen LogP contribution >= 0.6 is 11.3 Å². The van der Waals surface area contributed by atoms with E-state index in [-0.39, 0.29) is 18.2 Å². The van der Waals surface area contributed by atoms with Crippen molar-refractivity contribution in [1.82, 2.24) is 4.90 Å². The summed E-state index contributed by atoms with van der Waals surface area (Å²) in [6.07, 6.45) is 3.34. The average Bonchev–Trinajstić information content (AvgIpc) is 3.48. The van der Waals surface area contributed by atoms with Crippen LogP contribution in [0.2, 0.25) is 0 Å². The fraction of sp³-hybridized carbons (Fsp3) is 0.429. The van der Waals surface area contributed by atoms with Gasteiger partial charge in [0, 0.05) is 29.3 Å². The zero-order valence-corrected chi connectivity index (χ0v) is 17.0. The Morgan fingerprint density at radius 2 is 1.86 bits per heavy atom. The number of likely N-dealkylation sites (tertiary alicyclic amines) is 1. The molecule has 2 aliphatic rings. The number of rotatable bonds is 5. The number of hydrogen-bond acceptors (Lipinski definition) is 5. The van der Waals surface area contributed by atoms with Gasteiger partial charge in [0.05, 0.1) is 5.56 Å². The van der Waals surface area contributed by atoms with E-state index < -0.39 is 16.9 Å². The molecular weight excluding hydrogens is 390 g/mol. The normalized spacial score (nSPS) is 20.9. The zero-order chi connectivity index (χ0) is 20.5. The predicted molar refractivity (Wildman–Crippen MR) is 112 cm³/mol. The Hall–Kier alpha value is -2.74. The van der Waals surface area contributed by atoms with E-state index in [1.165, 1.54) is 11.3 Å². The van der Waals surface area contributed by atoms with Crippen molar-refractivity contribution in [2.24, 2.45) is 5.92 Å². The smallest absolute Gasteiger partial charge is 0.257 e. The van der Waals surface area contributed by atoms with Crippen LogP contribution in [0, 0.1) is 23.0 Å². The summed E-state index contributed by atoms with van der Waals surface area (Å²) in [5.74, 6) is -1.07. The third-order valence-electron chi connectivity index (χ3n) is 5.64. The summed E-state index contributed by atoms with van der Waals surface area (Å²) in [6.45, 7) is 3.34. The van der Waals surface area contributed by atoms with Crippen LogP contribution in [0.25, 0.3) is 10.4 Å². The van der Waals surface area contributed by atoms with Crippen molar-refractivity contribution in [2.75, 3.05) is 18.4 Å². The number of benzene rings is 1. The summed E-state index contributed by atoms with van der Waals surface area (Å²) in [5, 5.41) is 14.3. The highest BCUT2D eigenvalue weighted by molar-refractivity contribution is 7.20. The molecule has 1 saturated heterocycles. The molecule has 0 radical (unpaired) electrons. The van der Waals surface area contributed by atoms with Crippen molar-refractivity contribution >= 4 is 28.2 Å². The average molecular weight is 413 g/mol. The number of thiophene rings is 1. The number of anilines is 1. The van der Waals surface area contributed by atoms with Crippen LogP contribution < -0.4 is 5.32 Å². The van der Waals surface area contributed by atoms with E-state index in [0.717, 1.165) is 35.3 Å². The van der Waals surface area contributed by atoms with Gasteiger partial charge in [0.15, 0.2) is 0 Å². The second-order valence-electron chi connectivity index (χ2n) is 7.66. The van der Waals surface area contributed by atoms with Gasteiger partial charge in [0.1, 0.15) is 10.9 Å². The van der Waals surface area contributed by atoms with E-state index in [1.807, 2.05) is 42.2 Å². The summed E-state index contributed by atoms with van der Waals surface area (Å²) >= 11 is 1.37. The van der Waals surface area contributed by atoms with Gasteiger partial charge in [-0.3, -0.25) is 19.7 Å². The third kappa shape index (κ3) is 3.89. The highest BCUT2D eigenvalue weighted by Gasteiger charge is 2.53. The Balaban J connectivity index is 1.67. The standard InChI is InChI=1S/C21H23N3O4S/c1-13-17(21(26)23-10-6-3-7-11-23)20(22-19(25)15-12-16(15)24(27)28)29-18(13)14-8-4-2-5-9-14/h2,4-5,8-9,15-16H,3,6-7,10-12H2,1H3,(H,22,25). The summed E-state index contributed by atoms with van der Waals surface area (Å²) in [5.41, 5.74) is 2.34. The van der Waals surface area contributed by atoms with Gasteiger partial charge in [-0.05, 0) is 37.3 Å². The first kappa shape index (κ1) is 19.6. The molecule has 4 rings (SSSR count). The molecule has 2 unspecified atom stereocenters. The maximum absolute atomic E-state index is 13.3. The van der Waals surface area contributed by atoms with E-state index in [0.29, 0.717) is 23.7 Å². The first-order valence-electron chi connectivity index (χ1n) is 9.90. The maximum Gasteiger partial charge on any atom is 0.257 e. The van der Waals surface area contributed by atoms with Crippen molar-refractivity contribution in [1.29, 1.82) is 0 Å². The fourth-order valence-electron chi connectivity index (χ4n) is 3.88. The van der Waals surface area contributed by atoms with E-state index in [9.17, 15) is 19.7 Å². The summed E-state index contributed by atoms with van der Waals surface area (Å²) in [7, 11) is 0. The lowest BCUT2D eigenvalue weighted by molar-refractivity contribution is -0.497. The van der Waals surface area contributed by atoms with Crippen molar-refractivity contribution in [2.45, 2.75) is 38.6 Å². The topological polar surface area (TPSA) is 92.5 Å². The first-order chi connectivity index (χ1) is 14.0. The van der Waals surface area contributed by atoms with Crippen LogP contribution in [0.15, 0.2) is 30.3 Å². The first-order valence-corrected chi connectivity index (χ1v) is 10.7. The number of amides is 2. The molecule has 1 aromatic carbocycles. The second-order valence-corrected chi connectivity index (χ2v) is 8.68. The van der Waals surface area contributed by atoms with Crippen LogP contribution in [-0.2, 0) is 4.79 Å². The molecule has 7 nitrogen and oxygen atoms in total. The van der Waals surface area contributed by atoms with Gasteiger partial charge in [-0.25, -0.2) is 0 Å². The molecule has 0 spiro atoms. The van der Waals surface area contributed by atoms with Gasteiger partial charge in [-0.1, -0.05) is 30.3 Å². The Labute approximate surface area is 172 Å². The van der Waals surface area contributed by atoms with Crippen LogP contribution in [0.1, 0.15) is 41.6 Å². The molecule has 2 fully saturated rings. The highest BCUT2D eigenvalue weighted by atomic mass is 32.1. The van der Waals surface area contributed by atoms with E-state index in [2.05, 4.69) is 5.32 Å². The van der Waals surface area contributed by atoms with Crippen LogP contribution in [0.5, 0.6) is 0 Å². The predicted octanol–water partition coefficient (Wildman–Crippen LogP) is 3.95. The number of hydrogen-bond donors (Lipinski definition) is 1. The number of piperidine rings is 1. The van der Waals surface area contributed by atoms with Gasteiger partial charge in [0.2, 0.25) is 11.9 Å². The van der Waals surface area contributed by atoms with Gasteiger partial charge in [0.25, 0.3) is 5.91 Å². The third-order valence-corrected chi connectivity index (χ3v) is 6.90. The molecule has 2 aromatic rings. The number of carbonyl (C=O) groups excluding carboxylic acids is 2. The van der Waals surface area contributed by atoms with Crippen molar-refractivity contribution < 1.29 is 14.5 Å². The lowest BCUT2D eigenvalue weighted by Gasteiger charge is -2.27. The molecule has 2 atom stereocenters. The molecular formula is C21H23N3O4S. The number of nitrogens with zero attached hydrogens (tertiary/aromatic N) is 2. The molecule has 1 N–H and O–H groups in total. The molecule has 29 heavy (non-hydrogen) atoms. The molecule has 1 aliphatic heterocycles. The van der Waals surface area contributed by atoms with Crippen LogP contribution in [0.4, 0.5) is 5.00 Å². The van der Waals surface area contributed by atoms with Crippen molar-refractivity contribution in [3.8, 4) is 10.4 Å². The Morgan fingerprint density at radius 1 is 1.17 bits per heavy atom. The number of nitro groups is 1. The Kier molecular flexibility index (Phi) is 5.36. The van der Waals surface area contributed by atoms with Gasteiger partial charge in [-0.15, -0.1) is 11.3 Å². The molecule has 8 heteroatoms. The van der Waals surface area contributed by atoms with Crippen molar-refractivity contribution in [3.05, 3.63) is 51.6 Å². The Bertz CT molecular complexity index is 950. The minimum atomic E-state index is -0.814. The molecule has 1 aromatic heterocycles. The van der Waals surface area contributed by atoms with Crippen molar-refractivity contribution in [3.63, 3.8) is 0 Å². The SMILES string of the molecule is Cc1c(-c2ccccc2)sc(NC(=O)C2CC2[N+](=O)[O-])c1C(=O)N1CCCCC1. The molecule has 152 valence electrons. The minimum Gasteiger partial charge on any atom is -0.339 e. The van der Waals surface area contributed by atoms with Gasteiger partial charge < -0.3 is 10.2 Å². The Morgan fingerprint density at radius 3 is 2.48 bits per heavy atom. The van der Waals surface area contributed by atoms with Crippen LogP contribution in [-0.4, -0.2) is 40.8 Å². The molecule has 0 bridgehead atoms. The van der Waals surface area contributed by atoms with E-state index in [4.69, 9.17) is 0 Å². The maximum atomic E-state index is 13.3. The summed E-state index contributed by atoms with van der Waals surface area (Å²) in [4.78, 5) is 39.2. The molecule has 1 saturated carbocycles. The summed E-state index contributed by atoms with van der Waals surface area (Å²) in [6, 6.07) is 8.94. The van der Waals surface area contributed by atoms with Gasteiger partial charge in [-0.2, -0.15) is 0 Å². The quantitative estimate of drug-likeness (QED) is 0.593. The zero-order valence-electron chi connectivity index (χ0n) is 16.2. The lowest BCUT2D eigenvalue weighted by Crippen LogP contribution is -2.36. The largest absolute Gasteiger partial charge is 0.339 e. The number of carbonyl (C=O) groups is 2. The molecule has 1 aliphatic carbocycles. The highest BCUT2D eigenvalue weighted by Crippen LogP contribution is 2.42. The second kappa shape index (κ2) is 7.94. The monoisotopic (exact) mass is 413 g/mol. The number of nitrogens with one attached hydrogen (secondary N) is 1. The van der Waals surface area contributed by atoms with E-state index in [1.54, 1.807) is 0 Å².